The number of hydrogen-bond acceptors (Lipinski definition) is 1. The van der Waals surface area contributed by atoms with Crippen molar-refractivity contribution < 1.29 is 0 Å². The van der Waals surface area contributed by atoms with Crippen LogP contribution in [0.2, 0.25) is 0 Å². The van der Waals surface area contributed by atoms with Crippen molar-refractivity contribution in [2.24, 2.45) is 0 Å². The maximum Gasteiger partial charge on any atom is 0.0409 e. The highest BCUT2D eigenvalue weighted by molar-refractivity contribution is 5.53. The molecule has 0 heterocycles. The van der Waals surface area contributed by atoms with E-state index in [2.05, 4.69) is 50.9 Å². The second kappa shape index (κ2) is 5.59. The summed E-state index contributed by atoms with van der Waals surface area (Å²) in [5, 5.41) is 3.14. The SMILES string of the molecule is C=CNc1ccc(C(CC)CC)cc1C. The molecule has 0 unspecified atom stereocenters. The van der Waals surface area contributed by atoms with Gasteiger partial charge in [-0.1, -0.05) is 32.6 Å². The second-order valence-electron chi connectivity index (χ2n) is 3.94. The van der Waals surface area contributed by atoms with E-state index >= 15 is 0 Å². The quantitative estimate of drug-likeness (QED) is 0.745. The van der Waals surface area contributed by atoms with Gasteiger partial charge in [-0.2, -0.15) is 0 Å². The van der Waals surface area contributed by atoms with Gasteiger partial charge in [0.15, 0.2) is 0 Å². The summed E-state index contributed by atoms with van der Waals surface area (Å²) in [5.74, 6) is 0.696. The molecular weight excluding hydrogens is 182 g/mol. The minimum atomic E-state index is 0.696. The zero-order valence-corrected chi connectivity index (χ0v) is 10.0. The standard InChI is InChI=1S/C14H21N/c1-5-12(6-2)13-8-9-14(15-7-3)11(4)10-13/h7-10,12,15H,3,5-6H2,1-2,4H3. The summed E-state index contributed by atoms with van der Waals surface area (Å²) in [4.78, 5) is 0. The Morgan fingerprint density at radius 1 is 1.33 bits per heavy atom. The smallest absolute Gasteiger partial charge is 0.0409 e. The van der Waals surface area contributed by atoms with Gasteiger partial charge < -0.3 is 5.32 Å². The van der Waals surface area contributed by atoms with Crippen molar-refractivity contribution in [1.82, 2.24) is 0 Å². The van der Waals surface area contributed by atoms with Crippen LogP contribution in [0.1, 0.15) is 43.7 Å². The first-order valence-corrected chi connectivity index (χ1v) is 5.70. The van der Waals surface area contributed by atoms with Gasteiger partial charge in [-0.05, 0) is 49.1 Å². The van der Waals surface area contributed by atoms with E-state index in [9.17, 15) is 0 Å². The van der Waals surface area contributed by atoms with E-state index in [4.69, 9.17) is 0 Å². The van der Waals surface area contributed by atoms with Crippen molar-refractivity contribution in [1.29, 1.82) is 0 Å². The molecule has 0 atom stereocenters. The van der Waals surface area contributed by atoms with Crippen LogP contribution in [-0.4, -0.2) is 0 Å². The first-order chi connectivity index (χ1) is 7.22. The van der Waals surface area contributed by atoms with Gasteiger partial charge >= 0.3 is 0 Å². The monoisotopic (exact) mass is 203 g/mol. The Morgan fingerprint density at radius 2 is 2.00 bits per heavy atom. The van der Waals surface area contributed by atoms with Gasteiger partial charge in [0.25, 0.3) is 0 Å². The zero-order chi connectivity index (χ0) is 11.3. The maximum atomic E-state index is 3.68. The lowest BCUT2D eigenvalue weighted by Crippen LogP contribution is -1.98. The third-order valence-corrected chi connectivity index (χ3v) is 2.97. The maximum absolute atomic E-state index is 3.68. The Morgan fingerprint density at radius 3 is 2.47 bits per heavy atom. The molecule has 0 amide bonds. The molecule has 0 aromatic heterocycles. The van der Waals surface area contributed by atoms with Gasteiger partial charge in [0.2, 0.25) is 0 Å². The van der Waals surface area contributed by atoms with E-state index in [-0.39, 0.29) is 0 Å². The average molecular weight is 203 g/mol. The normalized spacial score (nSPS) is 10.4. The molecule has 0 fully saturated rings. The number of rotatable bonds is 5. The largest absolute Gasteiger partial charge is 0.362 e. The number of benzene rings is 1. The van der Waals surface area contributed by atoms with Gasteiger partial charge in [-0.3, -0.25) is 0 Å². The molecule has 1 N–H and O–H groups in total. The summed E-state index contributed by atoms with van der Waals surface area (Å²) in [6.07, 6.45) is 4.15. The Balaban J connectivity index is 2.94. The number of aryl methyl sites for hydroxylation is 1. The van der Waals surface area contributed by atoms with Gasteiger partial charge in [0, 0.05) is 5.69 Å². The molecule has 0 bridgehead atoms. The highest BCUT2D eigenvalue weighted by Crippen LogP contribution is 2.26. The summed E-state index contributed by atoms with van der Waals surface area (Å²) in [6.45, 7) is 10.3. The number of anilines is 1. The number of nitrogens with one attached hydrogen (secondary N) is 1. The summed E-state index contributed by atoms with van der Waals surface area (Å²) in [6, 6.07) is 6.64. The third kappa shape index (κ3) is 2.85. The first kappa shape index (κ1) is 11.8. The first-order valence-electron chi connectivity index (χ1n) is 5.70. The Hall–Kier alpha value is -1.24. The van der Waals surface area contributed by atoms with E-state index in [0.717, 1.165) is 5.69 Å². The highest BCUT2D eigenvalue weighted by Gasteiger charge is 2.07. The molecule has 82 valence electrons. The lowest BCUT2D eigenvalue weighted by atomic mass is 9.92. The molecule has 0 saturated heterocycles. The molecular formula is C14H21N. The lowest BCUT2D eigenvalue weighted by molar-refractivity contribution is 0.641. The van der Waals surface area contributed by atoms with Gasteiger partial charge in [0.05, 0.1) is 0 Å². The molecule has 1 aromatic carbocycles. The van der Waals surface area contributed by atoms with Crippen molar-refractivity contribution in [2.45, 2.75) is 39.5 Å². The highest BCUT2D eigenvalue weighted by atomic mass is 14.8. The predicted molar refractivity (Wildman–Crippen MR) is 68.3 cm³/mol. The van der Waals surface area contributed by atoms with E-state index < -0.39 is 0 Å². The molecule has 0 spiro atoms. The van der Waals surface area contributed by atoms with Crippen LogP contribution in [0, 0.1) is 6.92 Å². The van der Waals surface area contributed by atoms with Crippen LogP contribution < -0.4 is 5.32 Å². The molecule has 0 aliphatic rings. The van der Waals surface area contributed by atoms with Crippen LogP contribution >= 0.6 is 0 Å². The summed E-state index contributed by atoms with van der Waals surface area (Å²) < 4.78 is 0. The van der Waals surface area contributed by atoms with Gasteiger partial charge in [-0.15, -0.1) is 0 Å². The molecule has 1 rings (SSSR count). The predicted octanol–water partition coefficient (Wildman–Crippen LogP) is 4.45. The molecule has 15 heavy (non-hydrogen) atoms. The Labute approximate surface area is 93.2 Å². The Kier molecular flexibility index (Phi) is 4.41. The fourth-order valence-corrected chi connectivity index (χ4v) is 1.97. The fourth-order valence-electron chi connectivity index (χ4n) is 1.97. The average Bonchev–Trinajstić information content (AvgIpc) is 2.24. The van der Waals surface area contributed by atoms with Crippen molar-refractivity contribution in [2.75, 3.05) is 5.32 Å². The van der Waals surface area contributed by atoms with E-state index in [1.54, 1.807) is 6.20 Å². The summed E-state index contributed by atoms with van der Waals surface area (Å²) in [5.41, 5.74) is 3.89. The van der Waals surface area contributed by atoms with Crippen molar-refractivity contribution in [3.63, 3.8) is 0 Å². The van der Waals surface area contributed by atoms with Crippen LogP contribution in [0.15, 0.2) is 31.0 Å². The molecule has 0 radical (unpaired) electrons. The number of hydrogen-bond donors (Lipinski definition) is 1. The van der Waals surface area contributed by atoms with Gasteiger partial charge in [0.1, 0.15) is 0 Å². The molecule has 1 nitrogen and oxygen atoms in total. The molecule has 0 saturated carbocycles. The molecule has 1 aromatic rings. The van der Waals surface area contributed by atoms with Crippen LogP contribution in [0.3, 0.4) is 0 Å². The minimum absolute atomic E-state index is 0.696. The van der Waals surface area contributed by atoms with E-state index in [1.807, 2.05) is 0 Å². The van der Waals surface area contributed by atoms with Crippen LogP contribution in [0.25, 0.3) is 0 Å². The summed E-state index contributed by atoms with van der Waals surface area (Å²) in [7, 11) is 0. The van der Waals surface area contributed by atoms with Crippen LogP contribution in [0.5, 0.6) is 0 Å². The van der Waals surface area contributed by atoms with Crippen LogP contribution in [0.4, 0.5) is 5.69 Å². The van der Waals surface area contributed by atoms with E-state index in [0.29, 0.717) is 5.92 Å². The lowest BCUT2D eigenvalue weighted by Gasteiger charge is -2.15. The minimum Gasteiger partial charge on any atom is -0.362 e. The summed E-state index contributed by atoms with van der Waals surface area (Å²) >= 11 is 0. The van der Waals surface area contributed by atoms with Crippen molar-refractivity contribution in [3.05, 3.63) is 42.1 Å². The van der Waals surface area contributed by atoms with Crippen LogP contribution in [-0.2, 0) is 0 Å². The molecule has 1 heteroatoms. The zero-order valence-electron chi connectivity index (χ0n) is 10.0. The van der Waals surface area contributed by atoms with E-state index in [1.165, 1.54) is 24.0 Å². The molecule has 0 aliphatic heterocycles. The topological polar surface area (TPSA) is 12.0 Å². The molecule has 0 aliphatic carbocycles. The van der Waals surface area contributed by atoms with Gasteiger partial charge in [-0.25, -0.2) is 0 Å². The third-order valence-electron chi connectivity index (χ3n) is 2.97. The van der Waals surface area contributed by atoms with Crippen molar-refractivity contribution >= 4 is 5.69 Å². The second-order valence-corrected chi connectivity index (χ2v) is 3.94. The van der Waals surface area contributed by atoms with Crippen molar-refractivity contribution in [3.8, 4) is 0 Å². The fraction of sp³-hybridized carbons (Fsp3) is 0.429. The Bertz CT molecular complexity index is 324.